The number of halogens is 2. The molecule has 1 fully saturated rings. The molecule has 1 aliphatic rings. The Morgan fingerprint density at radius 2 is 2.14 bits per heavy atom. The van der Waals surface area contributed by atoms with Crippen molar-refractivity contribution >= 4 is 5.91 Å². The van der Waals surface area contributed by atoms with E-state index >= 15 is 0 Å². The summed E-state index contributed by atoms with van der Waals surface area (Å²) in [6.45, 7) is 1.59. The molecule has 0 bridgehead atoms. The van der Waals surface area contributed by atoms with Gasteiger partial charge in [-0.15, -0.1) is 0 Å². The van der Waals surface area contributed by atoms with Crippen LogP contribution in [0.3, 0.4) is 0 Å². The van der Waals surface area contributed by atoms with E-state index in [9.17, 15) is 13.6 Å². The average molecular weight is 303 g/mol. The Bertz CT molecular complexity index is 678. The Morgan fingerprint density at radius 1 is 1.27 bits per heavy atom. The van der Waals surface area contributed by atoms with Crippen LogP contribution in [0.4, 0.5) is 8.78 Å². The number of carbonyl (C=O) groups excluding carboxylic acids is 1. The molecule has 1 unspecified atom stereocenters. The molecular formula is C16H15F2N3O. The predicted octanol–water partition coefficient (Wildman–Crippen LogP) is 2.15. The van der Waals surface area contributed by atoms with Gasteiger partial charge in [0.05, 0.1) is 11.6 Å². The van der Waals surface area contributed by atoms with E-state index in [1.165, 1.54) is 12.1 Å². The van der Waals surface area contributed by atoms with Crippen molar-refractivity contribution < 1.29 is 13.6 Å². The first kappa shape index (κ1) is 14.6. The summed E-state index contributed by atoms with van der Waals surface area (Å²) in [4.78, 5) is 18.2. The molecule has 3 rings (SSSR count). The number of nitrogens with zero attached hydrogens (tertiary/aromatic N) is 2. The molecule has 6 heteroatoms. The van der Waals surface area contributed by atoms with Gasteiger partial charge in [0.2, 0.25) is 0 Å². The minimum absolute atomic E-state index is 0.240. The Balaban J connectivity index is 1.94. The average Bonchev–Trinajstić information content (AvgIpc) is 2.57. The molecule has 2 heterocycles. The van der Waals surface area contributed by atoms with E-state index in [1.54, 1.807) is 23.4 Å². The van der Waals surface area contributed by atoms with Crippen LogP contribution in [0.15, 0.2) is 42.7 Å². The summed E-state index contributed by atoms with van der Waals surface area (Å²) in [5, 5.41) is 3.21. The molecule has 0 spiro atoms. The zero-order valence-electron chi connectivity index (χ0n) is 11.8. The number of benzene rings is 1. The van der Waals surface area contributed by atoms with Gasteiger partial charge in [-0.3, -0.25) is 9.78 Å². The highest BCUT2D eigenvalue weighted by Crippen LogP contribution is 2.24. The van der Waals surface area contributed by atoms with Gasteiger partial charge in [0, 0.05) is 32.0 Å². The quantitative estimate of drug-likeness (QED) is 0.924. The first-order valence-electron chi connectivity index (χ1n) is 7.04. The van der Waals surface area contributed by atoms with E-state index in [0.717, 1.165) is 11.6 Å². The van der Waals surface area contributed by atoms with Gasteiger partial charge in [-0.25, -0.2) is 8.78 Å². The van der Waals surface area contributed by atoms with E-state index in [2.05, 4.69) is 10.3 Å². The fraction of sp³-hybridized carbons (Fsp3) is 0.250. The molecule has 1 aliphatic heterocycles. The Kier molecular flexibility index (Phi) is 4.11. The minimum Gasteiger partial charge on any atom is -0.329 e. The maximum Gasteiger partial charge on any atom is 0.257 e. The van der Waals surface area contributed by atoms with E-state index in [1.807, 2.05) is 6.07 Å². The second-order valence-electron chi connectivity index (χ2n) is 5.11. The van der Waals surface area contributed by atoms with Crippen molar-refractivity contribution in [1.82, 2.24) is 15.2 Å². The number of hydrogen-bond donors (Lipinski definition) is 1. The molecule has 0 radical (unpaired) electrons. The van der Waals surface area contributed by atoms with Crippen LogP contribution in [0.2, 0.25) is 0 Å². The molecule has 22 heavy (non-hydrogen) atoms. The molecule has 114 valence electrons. The predicted molar refractivity (Wildman–Crippen MR) is 77.2 cm³/mol. The zero-order valence-corrected chi connectivity index (χ0v) is 11.8. The van der Waals surface area contributed by atoms with Crippen LogP contribution >= 0.6 is 0 Å². The summed E-state index contributed by atoms with van der Waals surface area (Å²) in [5.74, 6) is -2.62. The fourth-order valence-corrected chi connectivity index (χ4v) is 2.64. The fourth-order valence-electron chi connectivity index (χ4n) is 2.64. The number of pyridine rings is 1. The van der Waals surface area contributed by atoms with Crippen molar-refractivity contribution in [3.63, 3.8) is 0 Å². The second kappa shape index (κ2) is 6.19. The topological polar surface area (TPSA) is 45.2 Å². The Morgan fingerprint density at radius 3 is 2.91 bits per heavy atom. The lowest BCUT2D eigenvalue weighted by Gasteiger charge is -2.36. The van der Waals surface area contributed by atoms with E-state index in [0.29, 0.717) is 19.6 Å². The van der Waals surface area contributed by atoms with E-state index < -0.39 is 17.5 Å². The van der Waals surface area contributed by atoms with Crippen LogP contribution in [0.25, 0.3) is 0 Å². The van der Waals surface area contributed by atoms with Crippen LogP contribution < -0.4 is 5.32 Å². The van der Waals surface area contributed by atoms with Crippen molar-refractivity contribution in [3.8, 4) is 0 Å². The van der Waals surface area contributed by atoms with Crippen molar-refractivity contribution in [2.75, 3.05) is 19.6 Å². The lowest BCUT2D eigenvalue weighted by Crippen LogP contribution is -2.49. The molecule has 1 N–H and O–H groups in total. The summed E-state index contributed by atoms with van der Waals surface area (Å²) >= 11 is 0. The molecule has 0 saturated carbocycles. The van der Waals surface area contributed by atoms with Gasteiger partial charge in [0.25, 0.3) is 5.91 Å². The third kappa shape index (κ3) is 2.69. The van der Waals surface area contributed by atoms with Crippen LogP contribution in [-0.4, -0.2) is 35.4 Å². The highest BCUT2D eigenvalue weighted by Gasteiger charge is 2.30. The van der Waals surface area contributed by atoms with Crippen molar-refractivity contribution in [3.05, 3.63) is 65.5 Å². The summed E-state index contributed by atoms with van der Waals surface area (Å²) in [6.07, 6.45) is 3.33. The van der Waals surface area contributed by atoms with Gasteiger partial charge in [0.15, 0.2) is 11.6 Å². The highest BCUT2D eigenvalue weighted by molar-refractivity contribution is 5.95. The van der Waals surface area contributed by atoms with Crippen LogP contribution in [0.1, 0.15) is 22.0 Å². The number of amides is 1. The largest absolute Gasteiger partial charge is 0.329 e. The van der Waals surface area contributed by atoms with Crippen LogP contribution in [0, 0.1) is 11.6 Å². The van der Waals surface area contributed by atoms with Gasteiger partial charge < -0.3 is 10.2 Å². The maximum absolute atomic E-state index is 13.9. The van der Waals surface area contributed by atoms with Gasteiger partial charge in [-0.1, -0.05) is 12.1 Å². The lowest BCUT2D eigenvalue weighted by molar-refractivity contribution is 0.0628. The monoisotopic (exact) mass is 303 g/mol. The molecule has 4 nitrogen and oxygen atoms in total. The molecule has 0 aliphatic carbocycles. The van der Waals surface area contributed by atoms with Gasteiger partial charge >= 0.3 is 0 Å². The highest BCUT2D eigenvalue weighted by atomic mass is 19.2. The minimum atomic E-state index is -1.10. The standard InChI is InChI=1S/C16H15F2N3O/c17-13-5-1-4-12(15(13)18)16(22)21-8-7-20-10-14(21)11-3-2-6-19-9-11/h1-6,9,14,20H,7-8,10H2. The number of rotatable bonds is 2. The lowest BCUT2D eigenvalue weighted by atomic mass is 10.0. The first-order valence-corrected chi connectivity index (χ1v) is 7.04. The molecule has 1 saturated heterocycles. The Hall–Kier alpha value is -2.34. The van der Waals surface area contributed by atoms with Crippen LogP contribution in [-0.2, 0) is 0 Å². The van der Waals surface area contributed by atoms with Gasteiger partial charge in [-0.2, -0.15) is 0 Å². The zero-order chi connectivity index (χ0) is 15.5. The summed E-state index contributed by atoms with van der Waals surface area (Å²) < 4.78 is 27.2. The van der Waals surface area contributed by atoms with Crippen molar-refractivity contribution in [2.45, 2.75) is 6.04 Å². The normalized spacial score (nSPS) is 18.3. The number of piperazine rings is 1. The second-order valence-corrected chi connectivity index (χ2v) is 5.11. The molecule has 1 atom stereocenters. The SMILES string of the molecule is O=C(c1cccc(F)c1F)N1CCNCC1c1cccnc1. The number of nitrogens with one attached hydrogen (secondary N) is 1. The molecule has 2 aromatic rings. The third-order valence-corrected chi connectivity index (χ3v) is 3.76. The third-order valence-electron chi connectivity index (χ3n) is 3.76. The molecule has 1 aromatic heterocycles. The molecule has 1 aromatic carbocycles. The maximum atomic E-state index is 13.9. The number of carbonyl (C=O) groups is 1. The summed E-state index contributed by atoms with van der Waals surface area (Å²) in [7, 11) is 0. The van der Waals surface area contributed by atoms with Crippen molar-refractivity contribution in [2.24, 2.45) is 0 Å². The molecule has 1 amide bonds. The molecular weight excluding hydrogens is 288 g/mol. The Labute approximate surface area is 126 Å². The van der Waals surface area contributed by atoms with Gasteiger partial charge in [-0.05, 0) is 23.8 Å². The van der Waals surface area contributed by atoms with E-state index in [-0.39, 0.29) is 11.6 Å². The first-order chi connectivity index (χ1) is 10.7. The van der Waals surface area contributed by atoms with Gasteiger partial charge in [0.1, 0.15) is 0 Å². The smallest absolute Gasteiger partial charge is 0.257 e. The van der Waals surface area contributed by atoms with Crippen molar-refractivity contribution in [1.29, 1.82) is 0 Å². The number of aromatic nitrogens is 1. The van der Waals surface area contributed by atoms with E-state index in [4.69, 9.17) is 0 Å². The van der Waals surface area contributed by atoms with Crippen LogP contribution in [0.5, 0.6) is 0 Å². The summed E-state index contributed by atoms with van der Waals surface area (Å²) in [5.41, 5.74) is 0.621. The number of hydrogen-bond acceptors (Lipinski definition) is 3. The summed E-state index contributed by atoms with van der Waals surface area (Å²) in [6, 6.07) is 7.05.